The molecule has 132 valence electrons. The summed E-state index contributed by atoms with van der Waals surface area (Å²) in [5.41, 5.74) is 4.15. The zero-order valence-electron chi connectivity index (χ0n) is 14.8. The molecule has 1 aromatic heterocycles. The number of carbonyl (C=O) groups is 2. The molecule has 3 aromatic rings. The lowest BCUT2D eigenvalue weighted by molar-refractivity contribution is 0.0474. The fraction of sp³-hybridized carbons (Fsp3) is 0.190. The first-order chi connectivity index (χ1) is 12.5. The van der Waals surface area contributed by atoms with E-state index in [1.54, 1.807) is 29.1 Å². The molecule has 26 heavy (non-hydrogen) atoms. The van der Waals surface area contributed by atoms with E-state index in [9.17, 15) is 9.59 Å². The van der Waals surface area contributed by atoms with Crippen molar-refractivity contribution in [2.45, 2.75) is 20.4 Å². The van der Waals surface area contributed by atoms with Crippen LogP contribution < -0.4 is 0 Å². The third kappa shape index (κ3) is 4.25. The Morgan fingerprint density at radius 3 is 2.38 bits per heavy atom. The average molecular weight is 348 g/mol. The van der Waals surface area contributed by atoms with Crippen LogP contribution in [0.4, 0.5) is 0 Å². The Balaban J connectivity index is 1.57. The Labute approximate surface area is 152 Å². The molecule has 0 fully saturated rings. The van der Waals surface area contributed by atoms with Crippen molar-refractivity contribution < 1.29 is 14.3 Å². The van der Waals surface area contributed by atoms with E-state index in [1.165, 1.54) is 0 Å². The molecule has 5 heteroatoms. The van der Waals surface area contributed by atoms with Crippen molar-refractivity contribution in [3.8, 4) is 0 Å². The first-order valence-electron chi connectivity index (χ1n) is 8.37. The predicted molar refractivity (Wildman–Crippen MR) is 98.3 cm³/mol. The number of benzene rings is 2. The highest BCUT2D eigenvalue weighted by atomic mass is 16.5. The number of nitrogens with zero attached hydrogens (tertiary/aromatic N) is 2. The van der Waals surface area contributed by atoms with Crippen LogP contribution in [0.2, 0.25) is 0 Å². The zero-order valence-corrected chi connectivity index (χ0v) is 14.8. The summed E-state index contributed by atoms with van der Waals surface area (Å²) < 4.78 is 6.96. The van der Waals surface area contributed by atoms with E-state index in [4.69, 9.17) is 4.74 Å². The van der Waals surface area contributed by atoms with E-state index in [1.807, 2.05) is 50.4 Å². The number of hydrogen-bond acceptors (Lipinski definition) is 4. The minimum atomic E-state index is -0.507. The fourth-order valence-electron chi connectivity index (χ4n) is 2.54. The molecule has 0 aliphatic carbocycles. The van der Waals surface area contributed by atoms with Crippen LogP contribution in [-0.4, -0.2) is 28.1 Å². The van der Waals surface area contributed by atoms with Gasteiger partial charge in [0, 0.05) is 18.0 Å². The van der Waals surface area contributed by atoms with E-state index in [0.29, 0.717) is 17.7 Å². The van der Waals surface area contributed by atoms with Gasteiger partial charge in [0.25, 0.3) is 0 Å². The molecule has 0 bridgehead atoms. The number of aromatic nitrogens is 2. The van der Waals surface area contributed by atoms with Gasteiger partial charge in [-0.2, -0.15) is 5.10 Å². The lowest BCUT2D eigenvalue weighted by atomic mass is 10.0. The molecule has 0 unspecified atom stereocenters. The molecule has 0 spiro atoms. The molecule has 0 aliphatic rings. The van der Waals surface area contributed by atoms with Crippen molar-refractivity contribution in [2.75, 3.05) is 6.61 Å². The summed E-state index contributed by atoms with van der Waals surface area (Å²) in [5.74, 6) is -0.718. The summed E-state index contributed by atoms with van der Waals surface area (Å²) in [6.07, 6.45) is 3.60. The van der Waals surface area contributed by atoms with E-state index < -0.39 is 5.97 Å². The van der Waals surface area contributed by atoms with Crippen LogP contribution in [0, 0.1) is 13.8 Å². The molecule has 0 saturated carbocycles. The number of aryl methyl sites for hydroxylation is 2. The summed E-state index contributed by atoms with van der Waals surface area (Å²) in [7, 11) is 0. The van der Waals surface area contributed by atoms with Gasteiger partial charge in [-0.1, -0.05) is 24.3 Å². The zero-order chi connectivity index (χ0) is 18.5. The molecule has 0 radical (unpaired) electrons. The summed E-state index contributed by atoms with van der Waals surface area (Å²) in [6, 6.07) is 14.4. The Kier molecular flexibility index (Phi) is 5.27. The summed E-state index contributed by atoms with van der Waals surface area (Å²) >= 11 is 0. The van der Waals surface area contributed by atoms with Crippen LogP contribution in [0.3, 0.4) is 0 Å². The highest BCUT2D eigenvalue weighted by molar-refractivity contribution is 5.99. The Morgan fingerprint density at radius 1 is 1.00 bits per heavy atom. The van der Waals surface area contributed by atoms with Crippen LogP contribution >= 0.6 is 0 Å². The second-order valence-corrected chi connectivity index (χ2v) is 6.20. The minimum absolute atomic E-state index is 0.211. The van der Waals surface area contributed by atoms with Gasteiger partial charge in [-0.3, -0.25) is 9.48 Å². The highest BCUT2D eigenvalue weighted by Crippen LogP contribution is 2.12. The standard InChI is InChI=1S/C21H20N2O3/c1-15-4-7-19(12-16(15)2)20(24)14-26-21(25)18-8-5-17(6-9-18)13-23-11-3-10-22-23/h3-12H,13-14H2,1-2H3. The number of carbonyl (C=O) groups excluding carboxylic acids is 2. The van der Waals surface area contributed by atoms with Gasteiger partial charge in [-0.15, -0.1) is 0 Å². The lowest BCUT2D eigenvalue weighted by Crippen LogP contribution is -2.14. The molecular formula is C21H20N2O3. The topological polar surface area (TPSA) is 61.2 Å². The first-order valence-corrected chi connectivity index (χ1v) is 8.37. The molecule has 0 atom stereocenters. The van der Waals surface area contributed by atoms with Gasteiger partial charge in [0.05, 0.1) is 12.1 Å². The number of rotatable bonds is 6. The summed E-state index contributed by atoms with van der Waals surface area (Å²) in [4.78, 5) is 24.3. The van der Waals surface area contributed by atoms with Crippen molar-refractivity contribution in [2.24, 2.45) is 0 Å². The Bertz CT molecular complexity index is 913. The van der Waals surface area contributed by atoms with Gasteiger partial charge >= 0.3 is 5.97 Å². The maximum atomic E-state index is 12.2. The number of esters is 1. The van der Waals surface area contributed by atoms with Crippen LogP contribution in [0.5, 0.6) is 0 Å². The van der Waals surface area contributed by atoms with E-state index >= 15 is 0 Å². The van der Waals surface area contributed by atoms with Gasteiger partial charge in [0.15, 0.2) is 12.4 Å². The third-order valence-corrected chi connectivity index (χ3v) is 4.26. The van der Waals surface area contributed by atoms with Crippen LogP contribution in [0.25, 0.3) is 0 Å². The molecular weight excluding hydrogens is 328 g/mol. The quantitative estimate of drug-likeness (QED) is 0.504. The van der Waals surface area contributed by atoms with Gasteiger partial charge in [-0.05, 0) is 54.8 Å². The summed E-state index contributed by atoms with van der Waals surface area (Å²) in [5, 5.41) is 4.15. The van der Waals surface area contributed by atoms with Crippen molar-refractivity contribution in [1.29, 1.82) is 0 Å². The minimum Gasteiger partial charge on any atom is -0.454 e. The molecule has 0 aliphatic heterocycles. The van der Waals surface area contributed by atoms with Crippen molar-refractivity contribution in [3.05, 3.63) is 88.7 Å². The van der Waals surface area contributed by atoms with Crippen molar-refractivity contribution >= 4 is 11.8 Å². The molecule has 5 nitrogen and oxygen atoms in total. The van der Waals surface area contributed by atoms with Crippen LogP contribution in [-0.2, 0) is 11.3 Å². The number of hydrogen-bond donors (Lipinski definition) is 0. The monoisotopic (exact) mass is 348 g/mol. The van der Waals surface area contributed by atoms with Gasteiger partial charge in [0.1, 0.15) is 0 Å². The third-order valence-electron chi connectivity index (χ3n) is 4.26. The second-order valence-electron chi connectivity index (χ2n) is 6.20. The van der Waals surface area contributed by atoms with E-state index in [-0.39, 0.29) is 12.4 Å². The average Bonchev–Trinajstić information content (AvgIpc) is 3.15. The smallest absolute Gasteiger partial charge is 0.338 e. The molecule has 1 heterocycles. The normalized spacial score (nSPS) is 10.5. The largest absolute Gasteiger partial charge is 0.454 e. The molecule has 0 amide bonds. The van der Waals surface area contributed by atoms with Crippen LogP contribution in [0.1, 0.15) is 37.4 Å². The van der Waals surface area contributed by atoms with E-state index in [0.717, 1.165) is 16.7 Å². The Morgan fingerprint density at radius 2 is 1.73 bits per heavy atom. The Hall–Kier alpha value is -3.21. The number of Topliss-reactive ketones (excluding diaryl/α,β-unsaturated/α-hetero) is 1. The van der Waals surface area contributed by atoms with Crippen molar-refractivity contribution in [1.82, 2.24) is 9.78 Å². The fourth-order valence-corrected chi connectivity index (χ4v) is 2.54. The number of ketones is 1. The van der Waals surface area contributed by atoms with Gasteiger partial charge in [0.2, 0.25) is 0 Å². The molecule has 3 rings (SSSR count). The molecule has 0 N–H and O–H groups in total. The summed E-state index contributed by atoms with van der Waals surface area (Å²) in [6.45, 7) is 4.30. The van der Waals surface area contributed by atoms with Gasteiger partial charge in [-0.25, -0.2) is 4.79 Å². The predicted octanol–water partition coefficient (Wildman–Crippen LogP) is 3.59. The van der Waals surface area contributed by atoms with E-state index in [2.05, 4.69) is 5.10 Å². The lowest BCUT2D eigenvalue weighted by Gasteiger charge is -2.07. The van der Waals surface area contributed by atoms with Gasteiger partial charge < -0.3 is 4.74 Å². The first kappa shape index (κ1) is 17.6. The number of ether oxygens (including phenoxy) is 1. The highest BCUT2D eigenvalue weighted by Gasteiger charge is 2.12. The second kappa shape index (κ2) is 7.78. The van der Waals surface area contributed by atoms with Crippen molar-refractivity contribution in [3.63, 3.8) is 0 Å². The maximum Gasteiger partial charge on any atom is 0.338 e. The maximum absolute atomic E-state index is 12.2. The molecule has 2 aromatic carbocycles. The molecule has 0 saturated heterocycles. The SMILES string of the molecule is Cc1ccc(C(=O)COC(=O)c2ccc(Cn3cccn3)cc2)cc1C. The van der Waals surface area contributed by atoms with Crippen LogP contribution in [0.15, 0.2) is 60.9 Å².